The topological polar surface area (TPSA) is 66.8 Å². The van der Waals surface area contributed by atoms with E-state index in [0.29, 0.717) is 29.5 Å². The lowest BCUT2D eigenvalue weighted by Gasteiger charge is -2.26. The van der Waals surface area contributed by atoms with Gasteiger partial charge < -0.3 is 9.84 Å². The Morgan fingerprint density at radius 3 is 2.32 bits per heavy atom. The molecular formula is C28H26ClNO4. The standard InChI is InChI=1S/C28H26ClNO4/c1-4-34-21-14-15-23(29)22(16-21)26(31)24-25(19-8-6-5-7-9-19)30(28(33)27(24)32)20-12-10-18(11-13-20)17(2)3/h5-17,25,31H,4H2,1-3H3/b26-24+. The molecule has 1 amide bonds. The van der Waals surface area contributed by atoms with Gasteiger partial charge in [0.15, 0.2) is 0 Å². The van der Waals surface area contributed by atoms with Crippen molar-refractivity contribution in [1.29, 1.82) is 0 Å². The third-order valence-electron chi connectivity index (χ3n) is 5.90. The summed E-state index contributed by atoms with van der Waals surface area (Å²) >= 11 is 6.39. The third-order valence-corrected chi connectivity index (χ3v) is 6.23. The average Bonchev–Trinajstić information content (AvgIpc) is 3.11. The van der Waals surface area contributed by atoms with Crippen molar-refractivity contribution in [3.05, 3.63) is 100 Å². The number of ketones is 1. The van der Waals surface area contributed by atoms with E-state index in [-0.39, 0.29) is 21.9 Å². The van der Waals surface area contributed by atoms with Crippen LogP contribution in [0.1, 0.15) is 49.4 Å². The molecule has 3 aromatic rings. The van der Waals surface area contributed by atoms with Gasteiger partial charge in [-0.3, -0.25) is 14.5 Å². The summed E-state index contributed by atoms with van der Waals surface area (Å²) in [6.45, 7) is 6.46. The van der Waals surface area contributed by atoms with Crippen LogP contribution in [0, 0.1) is 0 Å². The van der Waals surface area contributed by atoms with Crippen molar-refractivity contribution in [2.75, 3.05) is 11.5 Å². The molecule has 0 bridgehead atoms. The molecule has 0 spiro atoms. The zero-order chi connectivity index (χ0) is 24.4. The van der Waals surface area contributed by atoms with Gasteiger partial charge >= 0.3 is 0 Å². The van der Waals surface area contributed by atoms with E-state index >= 15 is 0 Å². The number of halogens is 1. The Balaban J connectivity index is 1.91. The minimum atomic E-state index is -0.807. The number of rotatable bonds is 6. The fourth-order valence-corrected chi connectivity index (χ4v) is 4.36. The molecule has 0 saturated carbocycles. The summed E-state index contributed by atoms with van der Waals surface area (Å²) in [6, 6.07) is 20.8. The molecule has 1 atom stereocenters. The molecule has 1 fully saturated rings. The van der Waals surface area contributed by atoms with Gasteiger partial charge in [-0.05, 0) is 54.3 Å². The number of ether oxygens (including phenoxy) is 1. The highest BCUT2D eigenvalue weighted by Crippen LogP contribution is 2.43. The molecule has 174 valence electrons. The lowest BCUT2D eigenvalue weighted by molar-refractivity contribution is -0.132. The number of hydrogen-bond acceptors (Lipinski definition) is 4. The molecule has 5 nitrogen and oxygen atoms in total. The van der Waals surface area contributed by atoms with Gasteiger partial charge in [0.25, 0.3) is 11.7 Å². The minimum Gasteiger partial charge on any atom is -0.507 e. The Morgan fingerprint density at radius 2 is 1.71 bits per heavy atom. The van der Waals surface area contributed by atoms with Crippen molar-refractivity contribution in [3.8, 4) is 5.75 Å². The number of anilines is 1. The Morgan fingerprint density at radius 1 is 1.03 bits per heavy atom. The molecule has 3 aromatic carbocycles. The quantitative estimate of drug-likeness (QED) is 0.251. The van der Waals surface area contributed by atoms with Crippen LogP contribution in [0.2, 0.25) is 5.02 Å². The van der Waals surface area contributed by atoms with Crippen molar-refractivity contribution < 1.29 is 19.4 Å². The summed E-state index contributed by atoms with van der Waals surface area (Å²) in [5.74, 6) is -0.973. The highest BCUT2D eigenvalue weighted by atomic mass is 35.5. The highest BCUT2D eigenvalue weighted by Gasteiger charge is 2.47. The Labute approximate surface area is 204 Å². The zero-order valence-corrected chi connectivity index (χ0v) is 20.0. The number of hydrogen-bond donors (Lipinski definition) is 1. The molecule has 6 heteroatoms. The first kappa shape index (κ1) is 23.6. The summed E-state index contributed by atoms with van der Waals surface area (Å²) in [4.78, 5) is 28.0. The van der Waals surface area contributed by atoms with Crippen molar-refractivity contribution in [3.63, 3.8) is 0 Å². The van der Waals surface area contributed by atoms with Crippen LogP contribution in [0.3, 0.4) is 0 Å². The fraction of sp³-hybridized carbons (Fsp3) is 0.214. The second kappa shape index (κ2) is 9.74. The summed E-state index contributed by atoms with van der Waals surface area (Å²) in [6.07, 6.45) is 0. The van der Waals surface area contributed by atoms with Crippen LogP contribution < -0.4 is 9.64 Å². The van der Waals surface area contributed by atoms with Gasteiger partial charge in [-0.1, -0.05) is 67.9 Å². The van der Waals surface area contributed by atoms with Gasteiger partial charge in [0.1, 0.15) is 11.5 Å². The zero-order valence-electron chi connectivity index (χ0n) is 19.3. The van der Waals surface area contributed by atoms with Gasteiger partial charge in [-0.25, -0.2) is 0 Å². The molecule has 4 rings (SSSR count). The van der Waals surface area contributed by atoms with E-state index in [1.165, 1.54) is 4.90 Å². The van der Waals surface area contributed by atoms with Crippen molar-refractivity contribution in [2.24, 2.45) is 0 Å². The summed E-state index contributed by atoms with van der Waals surface area (Å²) < 4.78 is 5.54. The second-order valence-corrected chi connectivity index (χ2v) is 8.81. The summed E-state index contributed by atoms with van der Waals surface area (Å²) in [5.41, 5.74) is 2.62. The van der Waals surface area contributed by atoms with E-state index < -0.39 is 17.7 Å². The highest BCUT2D eigenvalue weighted by molar-refractivity contribution is 6.52. The number of aliphatic hydroxyl groups excluding tert-OH is 1. The molecule has 0 aromatic heterocycles. The summed E-state index contributed by atoms with van der Waals surface area (Å²) in [5, 5.41) is 11.6. The van der Waals surface area contributed by atoms with E-state index in [4.69, 9.17) is 16.3 Å². The van der Waals surface area contributed by atoms with Crippen molar-refractivity contribution in [2.45, 2.75) is 32.7 Å². The molecule has 34 heavy (non-hydrogen) atoms. The maximum absolute atomic E-state index is 13.3. The normalized spacial score (nSPS) is 17.4. The maximum atomic E-state index is 13.3. The van der Waals surface area contributed by atoms with Gasteiger partial charge in [-0.15, -0.1) is 0 Å². The first-order valence-corrected chi connectivity index (χ1v) is 11.6. The van der Waals surface area contributed by atoms with E-state index in [1.807, 2.05) is 61.5 Å². The Bertz CT molecular complexity index is 1250. The van der Waals surface area contributed by atoms with E-state index in [9.17, 15) is 14.7 Å². The smallest absolute Gasteiger partial charge is 0.300 e. The van der Waals surface area contributed by atoms with Crippen molar-refractivity contribution >= 4 is 34.7 Å². The fourth-order valence-electron chi connectivity index (χ4n) is 4.16. The van der Waals surface area contributed by atoms with Crippen LogP contribution in [-0.4, -0.2) is 23.4 Å². The van der Waals surface area contributed by atoms with Gasteiger partial charge in [0, 0.05) is 11.3 Å². The van der Waals surface area contributed by atoms with Crippen LogP contribution in [0.5, 0.6) is 5.75 Å². The van der Waals surface area contributed by atoms with Crippen LogP contribution in [0.15, 0.2) is 78.4 Å². The number of Topliss-reactive ketones (excluding diaryl/α,β-unsaturated/α-hetero) is 1. The number of nitrogens with zero attached hydrogens (tertiary/aromatic N) is 1. The predicted molar refractivity (Wildman–Crippen MR) is 134 cm³/mol. The van der Waals surface area contributed by atoms with Crippen LogP contribution in [-0.2, 0) is 9.59 Å². The molecular weight excluding hydrogens is 450 g/mol. The molecule has 1 aliphatic heterocycles. The molecule has 1 heterocycles. The van der Waals surface area contributed by atoms with Crippen LogP contribution in [0.4, 0.5) is 5.69 Å². The number of benzene rings is 3. The molecule has 1 aliphatic rings. The van der Waals surface area contributed by atoms with E-state index in [0.717, 1.165) is 5.56 Å². The summed E-state index contributed by atoms with van der Waals surface area (Å²) in [7, 11) is 0. The predicted octanol–water partition coefficient (Wildman–Crippen LogP) is 6.49. The lowest BCUT2D eigenvalue weighted by Crippen LogP contribution is -2.29. The molecule has 1 unspecified atom stereocenters. The lowest BCUT2D eigenvalue weighted by atomic mass is 9.95. The van der Waals surface area contributed by atoms with Crippen LogP contribution in [0.25, 0.3) is 5.76 Å². The Kier molecular flexibility index (Phi) is 6.75. The van der Waals surface area contributed by atoms with E-state index in [1.54, 1.807) is 18.2 Å². The first-order valence-electron chi connectivity index (χ1n) is 11.2. The number of carbonyl (C=O) groups excluding carboxylic acids is 2. The second-order valence-electron chi connectivity index (χ2n) is 8.40. The van der Waals surface area contributed by atoms with Crippen molar-refractivity contribution in [1.82, 2.24) is 0 Å². The maximum Gasteiger partial charge on any atom is 0.300 e. The molecule has 0 radical (unpaired) electrons. The number of carbonyl (C=O) groups is 2. The molecule has 1 N–H and O–H groups in total. The van der Waals surface area contributed by atoms with Gasteiger partial charge in [0.2, 0.25) is 0 Å². The van der Waals surface area contributed by atoms with Crippen LogP contribution >= 0.6 is 11.6 Å². The van der Waals surface area contributed by atoms with E-state index in [2.05, 4.69) is 13.8 Å². The third kappa shape index (κ3) is 4.31. The number of aliphatic hydroxyl groups is 1. The monoisotopic (exact) mass is 475 g/mol. The van der Waals surface area contributed by atoms with Gasteiger partial charge in [-0.2, -0.15) is 0 Å². The molecule has 1 saturated heterocycles. The number of amides is 1. The molecule has 0 aliphatic carbocycles. The SMILES string of the molecule is CCOc1ccc(Cl)c(/C(O)=C2\C(=O)C(=O)N(c3ccc(C(C)C)cc3)C2c2ccccc2)c1. The van der Waals surface area contributed by atoms with Gasteiger partial charge in [0.05, 0.1) is 23.2 Å². The first-order chi connectivity index (χ1) is 16.3. The minimum absolute atomic E-state index is 0.0142. The largest absolute Gasteiger partial charge is 0.507 e. The average molecular weight is 476 g/mol. The Hall–Kier alpha value is -3.57.